The third-order valence-corrected chi connectivity index (χ3v) is 8.37. The highest BCUT2D eigenvalue weighted by Crippen LogP contribution is 2.13. The molecule has 0 aromatic carbocycles. The minimum absolute atomic E-state index is 0.0949. The molecule has 0 aromatic heterocycles. The predicted molar refractivity (Wildman–Crippen MR) is 223 cm³/mol. The molecule has 1 N–H and O–H groups in total. The average Bonchev–Trinajstić information content (AvgIpc) is 3.15. The number of allylic oxidation sites excluding steroid dienone is 16. The summed E-state index contributed by atoms with van der Waals surface area (Å²) in [5.74, 6) is -0.653. The van der Waals surface area contributed by atoms with E-state index < -0.39 is 6.10 Å². The Morgan fingerprint density at radius 1 is 0.442 bits per heavy atom. The molecular formula is C47H76O5. The lowest BCUT2D eigenvalue weighted by molar-refractivity contribution is -0.161. The fraction of sp³-hybridized carbons (Fsp3) is 0.617. The first-order valence-corrected chi connectivity index (χ1v) is 20.8. The van der Waals surface area contributed by atoms with Crippen LogP contribution in [0.1, 0.15) is 168 Å². The maximum absolute atomic E-state index is 12.2. The Hall–Kier alpha value is -3.18. The van der Waals surface area contributed by atoms with Gasteiger partial charge in [0.2, 0.25) is 0 Å². The number of carbonyl (C=O) groups is 2. The summed E-state index contributed by atoms with van der Waals surface area (Å²) < 4.78 is 10.6. The van der Waals surface area contributed by atoms with Crippen molar-refractivity contribution < 1.29 is 24.2 Å². The summed E-state index contributed by atoms with van der Waals surface area (Å²) in [6, 6.07) is 0. The molecule has 0 radical (unpaired) electrons. The van der Waals surface area contributed by atoms with Crippen LogP contribution < -0.4 is 0 Å². The lowest BCUT2D eigenvalue weighted by atomic mass is 10.0. The second-order valence-electron chi connectivity index (χ2n) is 13.3. The number of aliphatic hydroxyl groups excluding tert-OH is 1. The molecule has 5 nitrogen and oxygen atoms in total. The maximum atomic E-state index is 12.2. The molecule has 294 valence electrons. The number of esters is 2. The van der Waals surface area contributed by atoms with Crippen LogP contribution in [-0.2, 0) is 19.1 Å². The second-order valence-corrected chi connectivity index (χ2v) is 13.3. The highest BCUT2D eigenvalue weighted by Gasteiger charge is 2.16. The van der Waals surface area contributed by atoms with E-state index in [-0.39, 0.29) is 25.2 Å². The molecule has 0 amide bonds. The number of hydrogen-bond donors (Lipinski definition) is 1. The van der Waals surface area contributed by atoms with Crippen molar-refractivity contribution in [3.05, 3.63) is 97.2 Å². The molecule has 1 unspecified atom stereocenters. The van der Waals surface area contributed by atoms with Crippen molar-refractivity contribution in [2.24, 2.45) is 0 Å². The molecule has 1 atom stereocenters. The first kappa shape index (κ1) is 48.8. The van der Waals surface area contributed by atoms with Crippen LogP contribution in [0.3, 0.4) is 0 Å². The summed E-state index contributed by atoms with van der Waals surface area (Å²) in [6.07, 6.45) is 59.0. The number of aliphatic hydroxyl groups is 1. The minimum atomic E-state index is -0.797. The fourth-order valence-electron chi connectivity index (χ4n) is 5.30. The first-order valence-electron chi connectivity index (χ1n) is 20.8. The van der Waals surface area contributed by atoms with E-state index in [1.54, 1.807) is 0 Å². The molecular weight excluding hydrogens is 645 g/mol. The predicted octanol–water partition coefficient (Wildman–Crippen LogP) is 13.3. The quantitative estimate of drug-likeness (QED) is 0.0396. The van der Waals surface area contributed by atoms with Crippen molar-refractivity contribution in [2.75, 3.05) is 13.2 Å². The van der Waals surface area contributed by atoms with Gasteiger partial charge in [-0.05, 0) is 89.9 Å². The standard InChI is InChI=1S/C47H76O5/c1-3-5-7-9-11-13-15-17-19-20-21-22-23-24-25-26-28-30-32-34-36-38-40-42-47(50)52-45(43-48)44-51-46(49)41-39-37-35-33-31-29-27-18-16-14-12-10-8-6-4-2/h5-8,11-14,17-19,21-22,27,31,33,45,48H,3-4,9-10,15-16,20,23-26,28-30,32,34-44H2,1-2H3/b7-5-,8-6-,13-11-,14-12-,19-17-,22-21-,27-18-,33-31-. The zero-order valence-electron chi connectivity index (χ0n) is 33.3. The van der Waals surface area contributed by atoms with Crippen molar-refractivity contribution in [3.63, 3.8) is 0 Å². The largest absolute Gasteiger partial charge is 0.462 e. The summed E-state index contributed by atoms with van der Waals surface area (Å²) in [5, 5.41) is 9.57. The third-order valence-electron chi connectivity index (χ3n) is 8.37. The molecule has 0 saturated heterocycles. The summed E-state index contributed by atoms with van der Waals surface area (Å²) in [4.78, 5) is 24.3. The van der Waals surface area contributed by atoms with Gasteiger partial charge in [0.25, 0.3) is 0 Å². The summed E-state index contributed by atoms with van der Waals surface area (Å²) >= 11 is 0. The van der Waals surface area contributed by atoms with E-state index in [1.165, 1.54) is 51.4 Å². The van der Waals surface area contributed by atoms with Gasteiger partial charge >= 0.3 is 11.9 Å². The van der Waals surface area contributed by atoms with Crippen LogP contribution in [0, 0.1) is 0 Å². The van der Waals surface area contributed by atoms with Crippen LogP contribution in [0.4, 0.5) is 0 Å². The van der Waals surface area contributed by atoms with Gasteiger partial charge in [-0.1, -0.05) is 162 Å². The van der Waals surface area contributed by atoms with E-state index in [2.05, 4.69) is 111 Å². The van der Waals surface area contributed by atoms with Crippen LogP contribution in [-0.4, -0.2) is 36.4 Å². The van der Waals surface area contributed by atoms with Gasteiger partial charge in [0.1, 0.15) is 6.61 Å². The molecule has 0 aliphatic heterocycles. The number of unbranched alkanes of at least 4 members (excludes halogenated alkanes) is 12. The van der Waals surface area contributed by atoms with Crippen molar-refractivity contribution in [3.8, 4) is 0 Å². The highest BCUT2D eigenvalue weighted by molar-refractivity contribution is 5.70. The Balaban J connectivity index is 3.63. The Morgan fingerprint density at radius 3 is 1.19 bits per heavy atom. The van der Waals surface area contributed by atoms with Crippen molar-refractivity contribution in [2.45, 2.75) is 174 Å². The van der Waals surface area contributed by atoms with Crippen LogP contribution in [0.15, 0.2) is 97.2 Å². The Morgan fingerprint density at radius 2 is 0.769 bits per heavy atom. The van der Waals surface area contributed by atoms with Crippen LogP contribution in [0.5, 0.6) is 0 Å². The smallest absolute Gasteiger partial charge is 0.306 e. The van der Waals surface area contributed by atoms with Gasteiger partial charge in [0.05, 0.1) is 6.61 Å². The van der Waals surface area contributed by atoms with Crippen LogP contribution in [0.2, 0.25) is 0 Å². The first-order chi connectivity index (χ1) is 25.6. The van der Waals surface area contributed by atoms with Gasteiger partial charge in [-0.15, -0.1) is 0 Å². The fourth-order valence-corrected chi connectivity index (χ4v) is 5.30. The summed E-state index contributed by atoms with van der Waals surface area (Å²) in [7, 11) is 0. The van der Waals surface area contributed by atoms with Gasteiger partial charge in [0.15, 0.2) is 6.10 Å². The molecule has 0 heterocycles. The van der Waals surface area contributed by atoms with Gasteiger partial charge in [0, 0.05) is 12.8 Å². The molecule has 0 fully saturated rings. The molecule has 0 aliphatic carbocycles. The number of carbonyl (C=O) groups excluding carboxylic acids is 2. The number of rotatable bonds is 36. The van der Waals surface area contributed by atoms with Crippen molar-refractivity contribution >= 4 is 11.9 Å². The third kappa shape index (κ3) is 39.6. The number of hydrogen-bond acceptors (Lipinski definition) is 5. The molecule has 0 aliphatic rings. The van der Waals surface area contributed by atoms with Crippen molar-refractivity contribution in [1.29, 1.82) is 0 Å². The van der Waals surface area contributed by atoms with Gasteiger partial charge < -0.3 is 14.6 Å². The molecule has 0 spiro atoms. The van der Waals surface area contributed by atoms with Gasteiger partial charge in [-0.2, -0.15) is 0 Å². The van der Waals surface area contributed by atoms with E-state index in [1.807, 2.05) is 0 Å². The van der Waals surface area contributed by atoms with Gasteiger partial charge in [-0.25, -0.2) is 0 Å². The van der Waals surface area contributed by atoms with Crippen molar-refractivity contribution in [1.82, 2.24) is 0 Å². The molecule has 0 aromatic rings. The lowest BCUT2D eigenvalue weighted by Gasteiger charge is -2.15. The van der Waals surface area contributed by atoms with E-state index in [4.69, 9.17) is 9.47 Å². The Kier molecular flexibility index (Phi) is 39.7. The summed E-state index contributed by atoms with van der Waals surface area (Å²) in [5.41, 5.74) is 0. The van der Waals surface area contributed by atoms with E-state index in [0.29, 0.717) is 12.8 Å². The van der Waals surface area contributed by atoms with E-state index in [9.17, 15) is 14.7 Å². The molecule has 5 heteroatoms. The van der Waals surface area contributed by atoms with Crippen LogP contribution >= 0.6 is 0 Å². The number of ether oxygens (including phenoxy) is 2. The zero-order chi connectivity index (χ0) is 37.8. The second kappa shape index (κ2) is 42.2. The zero-order valence-corrected chi connectivity index (χ0v) is 33.3. The summed E-state index contributed by atoms with van der Waals surface area (Å²) in [6.45, 7) is 3.86. The maximum Gasteiger partial charge on any atom is 0.306 e. The van der Waals surface area contributed by atoms with Gasteiger partial charge in [-0.3, -0.25) is 9.59 Å². The normalized spacial score (nSPS) is 13.2. The SMILES string of the molecule is CC/C=C\C/C=C\C/C=C\C/C=C\CCCCCCCCCCCCC(=O)OC(CO)COC(=O)CCCC/C=C\C/C=C\C/C=C\C/C=C\CC. The van der Waals surface area contributed by atoms with Crippen LogP contribution in [0.25, 0.3) is 0 Å². The minimum Gasteiger partial charge on any atom is -0.462 e. The Bertz CT molecular complexity index is 1040. The highest BCUT2D eigenvalue weighted by atomic mass is 16.6. The van der Waals surface area contributed by atoms with E-state index >= 15 is 0 Å². The van der Waals surface area contributed by atoms with E-state index in [0.717, 1.165) is 89.9 Å². The topological polar surface area (TPSA) is 72.8 Å². The Labute approximate surface area is 319 Å². The monoisotopic (exact) mass is 721 g/mol. The molecule has 0 rings (SSSR count). The molecule has 0 bridgehead atoms. The molecule has 52 heavy (non-hydrogen) atoms. The average molecular weight is 721 g/mol. The lowest BCUT2D eigenvalue weighted by Crippen LogP contribution is -2.28. The molecule has 0 saturated carbocycles.